The SMILES string of the molecule is Cn1cnc(S(=O)(=O)NCCc2csc3nc(-c4cccs4)nn23)c1. The van der Waals surface area contributed by atoms with Crippen LogP contribution in [-0.2, 0) is 23.5 Å². The van der Waals surface area contributed by atoms with Gasteiger partial charge in [-0.3, -0.25) is 0 Å². The van der Waals surface area contributed by atoms with Crippen LogP contribution in [0.1, 0.15) is 5.69 Å². The smallest absolute Gasteiger partial charge is 0.259 e. The van der Waals surface area contributed by atoms with Crippen LogP contribution in [0.4, 0.5) is 0 Å². The summed E-state index contributed by atoms with van der Waals surface area (Å²) in [6, 6.07) is 3.94. The Morgan fingerprint density at radius 1 is 1.32 bits per heavy atom. The first kappa shape index (κ1) is 16.4. The minimum absolute atomic E-state index is 0.0196. The molecule has 11 heteroatoms. The van der Waals surface area contributed by atoms with Crippen molar-refractivity contribution < 1.29 is 8.42 Å². The lowest BCUT2D eigenvalue weighted by Gasteiger charge is -2.03. The molecule has 0 spiro atoms. The molecular weight excluding hydrogens is 380 g/mol. The number of aromatic nitrogens is 5. The predicted molar refractivity (Wildman–Crippen MR) is 96.3 cm³/mol. The molecule has 0 bridgehead atoms. The van der Waals surface area contributed by atoms with E-state index in [1.807, 2.05) is 22.9 Å². The van der Waals surface area contributed by atoms with Crippen molar-refractivity contribution in [2.24, 2.45) is 7.05 Å². The second-order valence-electron chi connectivity index (χ2n) is 5.36. The first-order valence-corrected chi connectivity index (χ1v) is 10.6. The number of fused-ring (bicyclic) bond motifs is 1. The van der Waals surface area contributed by atoms with E-state index in [2.05, 4.69) is 19.8 Å². The number of nitrogens with one attached hydrogen (secondary N) is 1. The zero-order valence-corrected chi connectivity index (χ0v) is 15.6. The second kappa shape index (κ2) is 6.33. The van der Waals surface area contributed by atoms with Gasteiger partial charge in [0.25, 0.3) is 10.0 Å². The third-order valence-corrected chi connectivity index (χ3v) is 6.60. The molecule has 4 aromatic heterocycles. The minimum atomic E-state index is -3.60. The van der Waals surface area contributed by atoms with Gasteiger partial charge in [-0.1, -0.05) is 6.07 Å². The highest BCUT2D eigenvalue weighted by molar-refractivity contribution is 7.89. The molecule has 0 amide bonds. The first-order valence-electron chi connectivity index (χ1n) is 7.37. The van der Waals surface area contributed by atoms with Gasteiger partial charge in [-0.2, -0.15) is 4.98 Å². The maximum Gasteiger partial charge on any atom is 0.259 e. The zero-order chi connectivity index (χ0) is 17.4. The van der Waals surface area contributed by atoms with E-state index in [0.29, 0.717) is 12.2 Å². The Balaban J connectivity index is 1.48. The van der Waals surface area contributed by atoms with Crippen LogP contribution in [0.15, 0.2) is 40.4 Å². The summed E-state index contributed by atoms with van der Waals surface area (Å²) in [6.07, 6.45) is 3.44. The molecule has 0 unspecified atom stereocenters. The van der Waals surface area contributed by atoms with Crippen molar-refractivity contribution in [1.29, 1.82) is 0 Å². The van der Waals surface area contributed by atoms with E-state index in [1.54, 1.807) is 27.5 Å². The standard InChI is InChI=1S/C14H14N6O2S3/c1-19-7-12(15-9-19)25(21,22)16-5-4-10-8-24-14-17-13(18-20(10)14)11-3-2-6-23-11/h2-3,6-9,16H,4-5H2,1H3. The van der Waals surface area contributed by atoms with Crippen molar-refractivity contribution in [2.75, 3.05) is 6.54 Å². The molecule has 1 N–H and O–H groups in total. The number of hydrogen-bond acceptors (Lipinski definition) is 7. The first-order chi connectivity index (χ1) is 12.0. The molecule has 0 radical (unpaired) electrons. The average molecular weight is 395 g/mol. The van der Waals surface area contributed by atoms with Gasteiger partial charge in [0.15, 0.2) is 10.9 Å². The monoisotopic (exact) mass is 394 g/mol. The fraction of sp³-hybridized carbons (Fsp3) is 0.214. The molecule has 0 aromatic carbocycles. The number of nitrogens with zero attached hydrogens (tertiary/aromatic N) is 5. The molecule has 0 atom stereocenters. The van der Waals surface area contributed by atoms with Gasteiger partial charge >= 0.3 is 0 Å². The number of thiazole rings is 1. The summed E-state index contributed by atoms with van der Waals surface area (Å²) >= 11 is 3.08. The summed E-state index contributed by atoms with van der Waals surface area (Å²) in [6.45, 7) is 0.263. The van der Waals surface area contributed by atoms with E-state index >= 15 is 0 Å². The summed E-state index contributed by atoms with van der Waals surface area (Å²) in [7, 11) is -1.87. The number of thiophene rings is 1. The minimum Gasteiger partial charge on any atom is -0.339 e. The number of aryl methyl sites for hydroxylation is 1. The van der Waals surface area contributed by atoms with Crippen molar-refractivity contribution in [1.82, 2.24) is 28.9 Å². The zero-order valence-electron chi connectivity index (χ0n) is 13.2. The van der Waals surface area contributed by atoms with E-state index in [4.69, 9.17) is 0 Å². The third-order valence-electron chi connectivity index (χ3n) is 3.52. The summed E-state index contributed by atoms with van der Waals surface area (Å²) in [4.78, 5) is 10.2. The van der Waals surface area contributed by atoms with Gasteiger partial charge in [-0.15, -0.1) is 27.8 Å². The molecule has 130 valence electrons. The molecule has 0 aliphatic rings. The highest BCUT2D eigenvalue weighted by Crippen LogP contribution is 2.24. The van der Waals surface area contributed by atoms with Crippen molar-refractivity contribution in [2.45, 2.75) is 11.4 Å². The van der Waals surface area contributed by atoms with Crippen LogP contribution in [-0.4, -0.2) is 39.1 Å². The van der Waals surface area contributed by atoms with Crippen LogP contribution in [0.25, 0.3) is 15.7 Å². The van der Waals surface area contributed by atoms with Crippen LogP contribution in [0.2, 0.25) is 0 Å². The average Bonchev–Trinajstić information content (AvgIpc) is 3.31. The number of imidazole rings is 1. The van der Waals surface area contributed by atoms with Gasteiger partial charge in [0.2, 0.25) is 4.96 Å². The van der Waals surface area contributed by atoms with Crippen molar-refractivity contribution in [3.8, 4) is 10.7 Å². The lowest BCUT2D eigenvalue weighted by molar-refractivity contribution is 0.577. The van der Waals surface area contributed by atoms with Crippen molar-refractivity contribution in [3.63, 3.8) is 0 Å². The van der Waals surface area contributed by atoms with Crippen molar-refractivity contribution >= 4 is 37.7 Å². The topological polar surface area (TPSA) is 94.2 Å². The van der Waals surface area contributed by atoms with Gasteiger partial charge in [-0.25, -0.2) is 22.6 Å². The lowest BCUT2D eigenvalue weighted by Crippen LogP contribution is -2.26. The number of rotatable bonds is 6. The molecule has 8 nitrogen and oxygen atoms in total. The molecule has 0 aliphatic carbocycles. The number of hydrogen-bond donors (Lipinski definition) is 1. The van der Waals surface area contributed by atoms with E-state index in [1.165, 1.54) is 23.9 Å². The quantitative estimate of drug-likeness (QED) is 0.538. The van der Waals surface area contributed by atoms with Gasteiger partial charge in [0.1, 0.15) is 0 Å². The third kappa shape index (κ3) is 3.23. The Morgan fingerprint density at radius 3 is 2.92 bits per heavy atom. The van der Waals surface area contributed by atoms with Gasteiger partial charge in [0, 0.05) is 31.6 Å². The summed E-state index contributed by atoms with van der Waals surface area (Å²) in [5, 5.41) is 8.48. The maximum absolute atomic E-state index is 12.2. The lowest BCUT2D eigenvalue weighted by atomic mass is 10.3. The summed E-state index contributed by atoms with van der Waals surface area (Å²) in [5.74, 6) is 0.692. The Morgan fingerprint density at radius 2 is 2.20 bits per heavy atom. The highest BCUT2D eigenvalue weighted by Gasteiger charge is 2.17. The van der Waals surface area contributed by atoms with Crippen LogP contribution in [0.3, 0.4) is 0 Å². The van der Waals surface area contributed by atoms with Crippen LogP contribution >= 0.6 is 22.7 Å². The molecule has 25 heavy (non-hydrogen) atoms. The van der Waals surface area contributed by atoms with E-state index in [9.17, 15) is 8.42 Å². The van der Waals surface area contributed by atoms with E-state index in [0.717, 1.165) is 15.5 Å². The molecule has 0 aliphatic heterocycles. The predicted octanol–water partition coefficient (Wildman–Crippen LogP) is 1.77. The molecule has 0 saturated carbocycles. The fourth-order valence-electron chi connectivity index (χ4n) is 2.32. The Bertz CT molecular complexity index is 1110. The Labute approximate surface area is 151 Å². The largest absolute Gasteiger partial charge is 0.339 e. The van der Waals surface area contributed by atoms with E-state index < -0.39 is 10.0 Å². The number of sulfonamides is 1. The Kier molecular flexibility index (Phi) is 4.15. The normalized spacial score (nSPS) is 12.2. The summed E-state index contributed by atoms with van der Waals surface area (Å²) in [5.41, 5.74) is 0.916. The van der Waals surface area contributed by atoms with Crippen molar-refractivity contribution in [3.05, 3.63) is 41.1 Å². The van der Waals surface area contributed by atoms with Gasteiger partial charge in [-0.05, 0) is 11.4 Å². The van der Waals surface area contributed by atoms with Crippen LogP contribution < -0.4 is 4.72 Å². The van der Waals surface area contributed by atoms with Gasteiger partial charge in [0.05, 0.1) is 16.9 Å². The molecule has 4 rings (SSSR count). The molecule has 0 fully saturated rings. The molecular formula is C14H14N6O2S3. The van der Waals surface area contributed by atoms with E-state index in [-0.39, 0.29) is 11.6 Å². The van der Waals surface area contributed by atoms with Crippen LogP contribution in [0, 0.1) is 0 Å². The second-order valence-corrected chi connectivity index (χ2v) is 8.86. The van der Waals surface area contributed by atoms with Gasteiger partial charge < -0.3 is 4.57 Å². The molecule has 4 aromatic rings. The molecule has 0 saturated heterocycles. The summed E-state index contributed by atoms with van der Waals surface area (Å²) < 4.78 is 30.3. The van der Waals surface area contributed by atoms with Crippen LogP contribution in [0.5, 0.6) is 0 Å². The fourth-order valence-corrected chi connectivity index (χ4v) is 4.84. The Hall–Kier alpha value is -2.08. The highest BCUT2D eigenvalue weighted by atomic mass is 32.2. The maximum atomic E-state index is 12.2. The molecule has 4 heterocycles.